The van der Waals surface area contributed by atoms with Crippen LogP contribution in [0.25, 0.3) is 0 Å². The van der Waals surface area contributed by atoms with Crippen LogP contribution in [-0.4, -0.2) is 28.5 Å². The van der Waals surface area contributed by atoms with Crippen LogP contribution < -0.4 is 0 Å². The van der Waals surface area contributed by atoms with Crippen LogP contribution in [0, 0.1) is 0 Å². The van der Waals surface area contributed by atoms with Gasteiger partial charge in [-0.25, -0.2) is 4.79 Å². The van der Waals surface area contributed by atoms with Crippen molar-refractivity contribution >= 4 is 13.6 Å². The summed E-state index contributed by atoms with van der Waals surface area (Å²) in [6.07, 6.45) is 2.86. The molecule has 0 saturated carbocycles. The summed E-state index contributed by atoms with van der Waals surface area (Å²) in [6, 6.07) is 3.10. The quantitative estimate of drug-likeness (QED) is 0.441. The lowest BCUT2D eigenvalue weighted by atomic mass is 10.3. The van der Waals surface area contributed by atoms with Gasteiger partial charge in [-0.05, 0) is 31.4 Å². The zero-order chi connectivity index (χ0) is 12.7. The third kappa shape index (κ3) is 6.26. The lowest BCUT2D eigenvalue weighted by Gasteiger charge is -2.04. The molecule has 0 amide bonds. The van der Waals surface area contributed by atoms with Gasteiger partial charge in [0.25, 0.3) is 0 Å². The Balaban J connectivity index is 2.05. The fraction of sp³-hybridized carbons (Fsp3) is 0.500. The number of ether oxygens (including phenoxy) is 1. The van der Waals surface area contributed by atoms with Gasteiger partial charge in [-0.2, -0.15) is 0 Å². The standard InChI is InChI=1S/C10H15O6P/c11-10(9-5-4-7-15-9)16-6-2-1-3-8-17(12,13)14/h4-5,7H,1-3,6,8H2,(H2,12,13,14). The number of esters is 1. The molecular formula is C10H15O6P. The van der Waals surface area contributed by atoms with Gasteiger partial charge in [-0.15, -0.1) is 0 Å². The first-order chi connectivity index (χ1) is 7.99. The predicted octanol–water partition coefficient (Wildman–Crippen LogP) is 1.78. The summed E-state index contributed by atoms with van der Waals surface area (Å²) in [6.45, 7) is 0.223. The van der Waals surface area contributed by atoms with E-state index in [1.807, 2.05) is 0 Å². The van der Waals surface area contributed by atoms with Gasteiger partial charge in [-0.1, -0.05) is 0 Å². The second kappa shape index (κ2) is 6.59. The minimum atomic E-state index is -3.90. The monoisotopic (exact) mass is 262 g/mol. The maximum atomic E-state index is 11.3. The largest absolute Gasteiger partial charge is 0.460 e. The van der Waals surface area contributed by atoms with Crippen LogP contribution in [0.5, 0.6) is 0 Å². The van der Waals surface area contributed by atoms with Gasteiger partial charge in [0.05, 0.1) is 12.9 Å². The highest BCUT2D eigenvalue weighted by atomic mass is 31.2. The summed E-state index contributed by atoms with van der Waals surface area (Å²) < 4.78 is 20.3. The van der Waals surface area contributed by atoms with Crippen LogP contribution in [0.1, 0.15) is 29.8 Å². The van der Waals surface area contributed by atoms with E-state index in [2.05, 4.69) is 0 Å². The fourth-order valence-electron chi connectivity index (χ4n) is 1.23. The van der Waals surface area contributed by atoms with Gasteiger partial charge in [0.1, 0.15) is 0 Å². The van der Waals surface area contributed by atoms with E-state index in [9.17, 15) is 9.36 Å². The van der Waals surface area contributed by atoms with Crippen molar-refractivity contribution in [2.24, 2.45) is 0 Å². The fourth-order valence-corrected chi connectivity index (χ4v) is 1.86. The number of rotatable bonds is 7. The minimum Gasteiger partial charge on any atom is -0.460 e. The Hall–Kier alpha value is -1.10. The Morgan fingerprint density at radius 2 is 2.12 bits per heavy atom. The van der Waals surface area contributed by atoms with E-state index < -0.39 is 13.6 Å². The molecule has 0 fully saturated rings. The number of hydrogen-bond donors (Lipinski definition) is 2. The lowest BCUT2D eigenvalue weighted by molar-refractivity contribution is 0.0461. The molecule has 6 nitrogen and oxygen atoms in total. The Morgan fingerprint density at radius 3 is 2.71 bits per heavy atom. The van der Waals surface area contributed by atoms with Crippen LogP contribution in [0.4, 0.5) is 0 Å². The van der Waals surface area contributed by atoms with Gasteiger partial charge >= 0.3 is 13.6 Å². The van der Waals surface area contributed by atoms with Crippen LogP contribution in [0.2, 0.25) is 0 Å². The summed E-state index contributed by atoms with van der Waals surface area (Å²) in [4.78, 5) is 28.5. The Morgan fingerprint density at radius 1 is 1.35 bits per heavy atom. The Labute approximate surface area is 98.7 Å². The number of unbranched alkanes of at least 4 members (excludes halogenated alkanes) is 2. The number of carbonyl (C=O) groups excluding carboxylic acids is 1. The van der Waals surface area contributed by atoms with Crippen molar-refractivity contribution in [3.05, 3.63) is 24.2 Å². The molecule has 0 spiro atoms. The molecule has 0 aliphatic heterocycles. The first-order valence-corrected chi connectivity index (χ1v) is 7.04. The molecular weight excluding hydrogens is 247 g/mol. The SMILES string of the molecule is O=C(OCCCCCP(=O)(O)O)c1ccco1. The zero-order valence-electron chi connectivity index (χ0n) is 9.24. The van der Waals surface area contributed by atoms with Crippen molar-refractivity contribution in [3.8, 4) is 0 Å². The van der Waals surface area contributed by atoms with Crippen LogP contribution in [0.3, 0.4) is 0 Å². The highest BCUT2D eigenvalue weighted by Gasteiger charge is 2.12. The zero-order valence-corrected chi connectivity index (χ0v) is 10.1. The van der Waals surface area contributed by atoms with Crippen LogP contribution in [-0.2, 0) is 9.30 Å². The maximum Gasteiger partial charge on any atom is 0.374 e. The molecule has 17 heavy (non-hydrogen) atoms. The summed E-state index contributed by atoms with van der Waals surface area (Å²) in [7, 11) is -3.90. The third-order valence-electron chi connectivity index (χ3n) is 2.05. The van der Waals surface area contributed by atoms with Gasteiger partial charge in [0, 0.05) is 6.16 Å². The lowest BCUT2D eigenvalue weighted by Crippen LogP contribution is -2.05. The Kier molecular flexibility index (Phi) is 5.41. The van der Waals surface area contributed by atoms with Crippen molar-refractivity contribution in [1.29, 1.82) is 0 Å². The molecule has 2 N–H and O–H groups in total. The molecule has 1 aromatic rings. The maximum absolute atomic E-state index is 11.3. The smallest absolute Gasteiger partial charge is 0.374 e. The van der Waals surface area contributed by atoms with E-state index in [0.29, 0.717) is 19.3 Å². The summed E-state index contributed by atoms with van der Waals surface area (Å²) in [5.41, 5.74) is 0. The second-order valence-corrected chi connectivity index (χ2v) is 5.34. The average molecular weight is 262 g/mol. The molecule has 0 aliphatic rings. The highest BCUT2D eigenvalue weighted by molar-refractivity contribution is 7.51. The molecule has 0 aliphatic carbocycles. The number of carbonyl (C=O) groups is 1. The van der Waals surface area contributed by atoms with E-state index >= 15 is 0 Å². The molecule has 1 heterocycles. The second-order valence-electron chi connectivity index (χ2n) is 3.56. The molecule has 7 heteroatoms. The summed E-state index contributed by atoms with van der Waals surface area (Å²) in [5.74, 6) is -0.370. The predicted molar refractivity (Wildman–Crippen MR) is 59.8 cm³/mol. The summed E-state index contributed by atoms with van der Waals surface area (Å²) >= 11 is 0. The number of hydrogen-bond acceptors (Lipinski definition) is 4. The van der Waals surface area contributed by atoms with Gasteiger partial charge in [0.2, 0.25) is 5.76 Å². The van der Waals surface area contributed by atoms with Crippen molar-refractivity contribution < 1.29 is 28.3 Å². The molecule has 0 bridgehead atoms. The van der Waals surface area contributed by atoms with Crippen molar-refractivity contribution in [1.82, 2.24) is 0 Å². The van der Waals surface area contributed by atoms with Crippen molar-refractivity contribution in [2.75, 3.05) is 12.8 Å². The molecule has 0 saturated heterocycles. The molecule has 0 aromatic carbocycles. The van der Waals surface area contributed by atoms with Crippen LogP contribution in [0.15, 0.2) is 22.8 Å². The topological polar surface area (TPSA) is 97.0 Å². The van der Waals surface area contributed by atoms with Gasteiger partial charge in [0.15, 0.2) is 0 Å². The molecule has 96 valence electrons. The van der Waals surface area contributed by atoms with Crippen molar-refractivity contribution in [2.45, 2.75) is 19.3 Å². The highest BCUT2D eigenvalue weighted by Crippen LogP contribution is 2.35. The van der Waals surface area contributed by atoms with Gasteiger partial charge < -0.3 is 18.9 Å². The van der Waals surface area contributed by atoms with Crippen LogP contribution >= 0.6 is 7.60 Å². The molecule has 1 aromatic heterocycles. The minimum absolute atomic E-state index is 0.126. The first kappa shape index (κ1) is 14.0. The molecule has 0 unspecified atom stereocenters. The normalized spacial score (nSPS) is 11.4. The average Bonchev–Trinajstić information content (AvgIpc) is 2.74. The molecule has 1 rings (SSSR count). The summed E-state index contributed by atoms with van der Waals surface area (Å²) in [5, 5.41) is 0. The van der Waals surface area contributed by atoms with E-state index in [1.165, 1.54) is 12.3 Å². The van der Waals surface area contributed by atoms with E-state index in [-0.39, 0.29) is 18.5 Å². The number of furan rings is 1. The third-order valence-corrected chi connectivity index (χ3v) is 2.95. The molecule has 0 radical (unpaired) electrons. The van der Waals surface area contributed by atoms with Crippen molar-refractivity contribution in [3.63, 3.8) is 0 Å². The van der Waals surface area contributed by atoms with E-state index in [4.69, 9.17) is 18.9 Å². The Bertz CT molecular complexity index is 380. The van der Waals surface area contributed by atoms with Gasteiger partial charge in [-0.3, -0.25) is 4.57 Å². The first-order valence-electron chi connectivity index (χ1n) is 5.24. The molecule has 0 atom stereocenters. The van der Waals surface area contributed by atoms with E-state index in [0.717, 1.165) is 0 Å². The van der Waals surface area contributed by atoms with E-state index in [1.54, 1.807) is 6.07 Å².